The van der Waals surface area contributed by atoms with Gasteiger partial charge in [0, 0.05) is 31.4 Å². The van der Waals surface area contributed by atoms with Crippen LogP contribution in [0.2, 0.25) is 0 Å². The van der Waals surface area contributed by atoms with Crippen molar-refractivity contribution in [3.8, 4) is 0 Å². The number of hydrogen-bond acceptors (Lipinski definition) is 6. The van der Waals surface area contributed by atoms with E-state index in [9.17, 15) is 8.42 Å². The van der Waals surface area contributed by atoms with Crippen molar-refractivity contribution in [2.24, 2.45) is 0 Å². The van der Waals surface area contributed by atoms with Gasteiger partial charge in [-0.25, -0.2) is 13.1 Å². The van der Waals surface area contributed by atoms with Crippen LogP contribution in [0.15, 0.2) is 28.0 Å². The molecule has 0 saturated carbocycles. The lowest BCUT2D eigenvalue weighted by atomic mass is 10.4. The van der Waals surface area contributed by atoms with Gasteiger partial charge in [0.05, 0.1) is 4.90 Å². The molecular formula is C11H17N5O3S. The lowest BCUT2D eigenvalue weighted by molar-refractivity contribution is 0.377. The molecule has 0 radical (unpaired) electrons. The maximum atomic E-state index is 12.0. The minimum atomic E-state index is -3.52. The van der Waals surface area contributed by atoms with Crippen LogP contribution in [-0.4, -0.2) is 36.6 Å². The van der Waals surface area contributed by atoms with E-state index >= 15 is 0 Å². The normalized spacial score (nSPS) is 11.8. The summed E-state index contributed by atoms with van der Waals surface area (Å²) in [5.41, 5.74) is 0.823. The predicted molar refractivity (Wildman–Crippen MR) is 71.4 cm³/mol. The van der Waals surface area contributed by atoms with E-state index in [0.717, 1.165) is 12.2 Å². The molecule has 0 bridgehead atoms. The standard InChI is InChI=1S/C11H17N5O3S/c1-2-12-6-9-5-10(7-13-9)20(17,18)16-4-3-11-14-8-15-19-11/h5,7-8,12-13,16H,2-4,6H2,1H3. The minimum Gasteiger partial charge on any atom is -0.363 e. The van der Waals surface area contributed by atoms with Gasteiger partial charge in [-0.05, 0) is 12.6 Å². The van der Waals surface area contributed by atoms with E-state index in [4.69, 9.17) is 4.52 Å². The first-order valence-electron chi connectivity index (χ1n) is 6.25. The fraction of sp³-hybridized carbons (Fsp3) is 0.455. The van der Waals surface area contributed by atoms with Crippen LogP contribution in [0.1, 0.15) is 18.5 Å². The van der Waals surface area contributed by atoms with Gasteiger partial charge in [-0.15, -0.1) is 0 Å². The number of nitrogens with zero attached hydrogens (tertiary/aromatic N) is 2. The summed E-state index contributed by atoms with van der Waals surface area (Å²) in [6, 6.07) is 1.61. The van der Waals surface area contributed by atoms with Crippen LogP contribution in [0, 0.1) is 0 Å². The van der Waals surface area contributed by atoms with Gasteiger partial charge in [-0.3, -0.25) is 0 Å². The van der Waals surface area contributed by atoms with Gasteiger partial charge >= 0.3 is 0 Å². The molecule has 0 saturated heterocycles. The zero-order valence-corrected chi connectivity index (χ0v) is 11.9. The van der Waals surface area contributed by atoms with E-state index in [2.05, 4.69) is 25.2 Å². The molecule has 0 aliphatic rings. The third-order valence-corrected chi connectivity index (χ3v) is 4.07. The van der Waals surface area contributed by atoms with Gasteiger partial charge in [0.2, 0.25) is 15.9 Å². The second kappa shape index (κ2) is 6.64. The van der Waals surface area contributed by atoms with Crippen molar-refractivity contribution < 1.29 is 12.9 Å². The van der Waals surface area contributed by atoms with E-state index in [1.807, 2.05) is 6.92 Å². The van der Waals surface area contributed by atoms with E-state index < -0.39 is 10.0 Å². The van der Waals surface area contributed by atoms with Gasteiger partial charge < -0.3 is 14.8 Å². The Labute approximate surface area is 117 Å². The van der Waals surface area contributed by atoms with Crippen LogP contribution >= 0.6 is 0 Å². The molecule has 2 rings (SSSR count). The second-order valence-corrected chi connectivity index (χ2v) is 5.89. The smallest absolute Gasteiger partial charge is 0.242 e. The van der Waals surface area contributed by atoms with E-state index in [1.165, 1.54) is 12.5 Å². The Morgan fingerprint density at radius 1 is 1.45 bits per heavy atom. The third kappa shape index (κ3) is 3.89. The number of H-pyrrole nitrogens is 1. The van der Waals surface area contributed by atoms with Gasteiger partial charge in [0.25, 0.3) is 0 Å². The molecule has 0 unspecified atom stereocenters. The van der Waals surface area contributed by atoms with Gasteiger partial charge in [0.1, 0.15) is 0 Å². The minimum absolute atomic E-state index is 0.207. The fourth-order valence-corrected chi connectivity index (χ4v) is 2.67. The number of rotatable bonds is 8. The number of aromatic amines is 1. The molecule has 0 spiro atoms. The highest BCUT2D eigenvalue weighted by Gasteiger charge is 2.15. The summed E-state index contributed by atoms with van der Waals surface area (Å²) in [5, 5.41) is 6.57. The molecule has 9 heteroatoms. The maximum Gasteiger partial charge on any atom is 0.242 e. The predicted octanol–water partition coefficient (Wildman–Crippen LogP) is 0.0282. The molecule has 0 amide bonds. The Bertz CT molecular complexity index is 620. The number of sulfonamides is 1. The van der Waals surface area contributed by atoms with Crippen LogP contribution in [0.4, 0.5) is 0 Å². The SMILES string of the molecule is CCNCc1cc(S(=O)(=O)NCCc2ncno2)c[nH]1. The number of hydrogen-bond donors (Lipinski definition) is 3. The summed E-state index contributed by atoms with van der Waals surface area (Å²) in [7, 11) is -3.52. The van der Waals surface area contributed by atoms with Crippen molar-refractivity contribution in [2.75, 3.05) is 13.1 Å². The zero-order valence-electron chi connectivity index (χ0n) is 11.1. The van der Waals surface area contributed by atoms with Gasteiger partial charge in [-0.2, -0.15) is 4.98 Å². The van der Waals surface area contributed by atoms with Crippen LogP contribution < -0.4 is 10.0 Å². The second-order valence-electron chi connectivity index (χ2n) is 4.12. The first-order valence-corrected chi connectivity index (χ1v) is 7.73. The Morgan fingerprint density at radius 2 is 2.30 bits per heavy atom. The molecule has 110 valence electrons. The largest absolute Gasteiger partial charge is 0.363 e. The summed E-state index contributed by atoms with van der Waals surface area (Å²) in [6.07, 6.45) is 3.11. The van der Waals surface area contributed by atoms with Gasteiger partial charge in [-0.1, -0.05) is 12.1 Å². The Morgan fingerprint density at radius 3 is 3.00 bits per heavy atom. The number of nitrogens with one attached hydrogen (secondary N) is 3. The van der Waals surface area contributed by atoms with Crippen molar-refractivity contribution in [1.29, 1.82) is 0 Å². The molecule has 0 atom stereocenters. The van der Waals surface area contributed by atoms with Crippen LogP contribution in [0.25, 0.3) is 0 Å². The zero-order chi connectivity index (χ0) is 14.4. The average Bonchev–Trinajstić information content (AvgIpc) is 3.07. The molecule has 2 aromatic heterocycles. The summed E-state index contributed by atoms with van der Waals surface area (Å²) in [6.45, 7) is 3.62. The summed E-state index contributed by atoms with van der Waals surface area (Å²) in [4.78, 5) is 6.97. The third-order valence-electron chi connectivity index (χ3n) is 2.63. The molecule has 20 heavy (non-hydrogen) atoms. The van der Waals surface area contributed by atoms with Crippen molar-refractivity contribution >= 4 is 10.0 Å². The quantitative estimate of drug-likeness (QED) is 0.634. The molecule has 0 aromatic carbocycles. The molecule has 2 aromatic rings. The van der Waals surface area contributed by atoms with Crippen LogP contribution in [0.5, 0.6) is 0 Å². The summed E-state index contributed by atoms with van der Waals surface area (Å²) >= 11 is 0. The van der Waals surface area contributed by atoms with E-state index in [-0.39, 0.29) is 11.4 Å². The van der Waals surface area contributed by atoms with Crippen LogP contribution in [-0.2, 0) is 23.0 Å². The average molecular weight is 299 g/mol. The molecule has 2 heterocycles. The number of aromatic nitrogens is 3. The molecule has 8 nitrogen and oxygen atoms in total. The first-order chi connectivity index (χ1) is 9.62. The summed E-state index contributed by atoms with van der Waals surface area (Å²) in [5.74, 6) is 0.398. The molecule has 0 fully saturated rings. The lowest BCUT2D eigenvalue weighted by Crippen LogP contribution is -2.25. The summed E-state index contributed by atoms with van der Waals surface area (Å²) < 4.78 is 31.3. The van der Waals surface area contributed by atoms with Crippen molar-refractivity contribution in [1.82, 2.24) is 25.2 Å². The van der Waals surface area contributed by atoms with E-state index in [0.29, 0.717) is 18.9 Å². The molecule has 3 N–H and O–H groups in total. The van der Waals surface area contributed by atoms with Gasteiger partial charge in [0.15, 0.2) is 6.33 Å². The lowest BCUT2D eigenvalue weighted by Gasteiger charge is -2.02. The first kappa shape index (κ1) is 14.7. The highest BCUT2D eigenvalue weighted by Crippen LogP contribution is 2.10. The Kier molecular flexibility index (Phi) is 4.88. The monoisotopic (exact) mass is 299 g/mol. The van der Waals surface area contributed by atoms with Crippen molar-refractivity contribution in [3.63, 3.8) is 0 Å². The van der Waals surface area contributed by atoms with Crippen molar-refractivity contribution in [2.45, 2.75) is 24.8 Å². The maximum absolute atomic E-state index is 12.0. The Hall–Kier alpha value is -1.71. The van der Waals surface area contributed by atoms with E-state index in [1.54, 1.807) is 6.07 Å². The molecular weight excluding hydrogens is 282 g/mol. The van der Waals surface area contributed by atoms with Crippen molar-refractivity contribution in [3.05, 3.63) is 30.2 Å². The highest BCUT2D eigenvalue weighted by molar-refractivity contribution is 7.89. The molecule has 0 aliphatic carbocycles. The Balaban J connectivity index is 1.90. The van der Waals surface area contributed by atoms with Crippen LogP contribution in [0.3, 0.4) is 0 Å². The molecule has 0 aliphatic heterocycles. The highest BCUT2D eigenvalue weighted by atomic mass is 32.2. The topological polar surface area (TPSA) is 113 Å². The fourth-order valence-electron chi connectivity index (χ4n) is 1.62.